The van der Waals surface area contributed by atoms with Gasteiger partial charge in [-0.25, -0.2) is 9.69 Å². The summed E-state index contributed by atoms with van der Waals surface area (Å²) in [7, 11) is 0. The van der Waals surface area contributed by atoms with E-state index in [1.54, 1.807) is 55.5 Å². The van der Waals surface area contributed by atoms with E-state index in [9.17, 15) is 24.5 Å². The number of aromatic nitrogens is 2. The molecule has 2 aromatic carbocycles. The summed E-state index contributed by atoms with van der Waals surface area (Å²) >= 11 is 0. The maximum atomic E-state index is 13.8. The molecule has 0 saturated heterocycles. The molecule has 0 spiro atoms. The summed E-state index contributed by atoms with van der Waals surface area (Å²) in [6.45, 7) is 1.70. The zero-order chi connectivity index (χ0) is 23.8. The number of carbonyl (C=O) groups excluding carboxylic acids is 3. The molecular weight excluding hydrogens is 440 g/mol. The number of benzene rings is 2. The van der Waals surface area contributed by atoms with Crippen LogP contribution in [0.15, 0.2) is 65.9 Å². The summed E-state index contributed by atoms with van der Waals surface area (Å²) in [6.07, 6.45) is 1.16. The van der Waals surface area contributed by atoms with E-state index in [0.717, 1.165) is 11.1 Å². The standard InChI is InChI=1S/C24H16N4O6/c1-2-34-23(31)14-11-25-26-20(14)27-21(29)18-17-12-7-3-5-9-15(12)24(28(32)33,19(18)22(27)30)16-10-6-4-8-13(16)17/h3-11,17H,2H2,1H3,(H,25,26). The molecule has 0 unspecified atom stereocenters. The van der Waals surface area contributed by atoms with Crippen molar-refractivity contribution in [3.05, 3.63) is 104 Å². The van der Waals surface area contributed by atoms with Crippen molar-refractivity contribution in [1.29, 1.82) is 0 Å². The average Bonchev–Trinajstić information content (AvgIpc) is 3.42. The number of hydrogen-bond donors (Lipinski definition) is 1. The van der Waals surface area contributed by atoms with E-state index in [-0.39, 0.29) is 29.1 Å². The number of carbonyl (C=O) groups is 3. The third kappa shape index (κ3) is 2.14. The first kappa shape index (κ1) is 20.0. The van der Waals surface area contributed by atoms with Crippen molar-refractivity contribution in [2.24, 2.45) is 0 Å². The largest absolute Gasteiger partial charge is 0.462 e. The smallest absolute Gasteiger partial charge is 0.343 e. The second kappa shape index (κ2) is 6.70. The predicted octanol–water partition coefficient (Wildman–Crippen LogP) is 2.44. The van der Waals surface area contributed by atoms with Crippen LogP contribution in [0.2, 0.25) is 0 Å². The van der Waals surface area contributed by atoms with Crippen molar-refractivity contribution in [2.75, 3.05) is 11.5 Å². The molecule has 3 aromatic rings. The van der Waals surface area contributed by atoms with Gasteiger partial charge in [0.05, 0.1) is 12.8 Å². The van der Waals surface area contributed by atoms with Crippen LogP contribution in [0, 0.1) is 10.1 Å². The fraction of sp³-hybridized carbons (Fsp3) is 0.167. The van der Waals surface area contributed by atoms with Gasteiger partial charge in [-0.15, -0.1) is 0 Å². The Labute approximate surface area is 192 Å². The quantitative estimate of drug-likeness (QED) is 0.276. The highest BCUT2D eigenvalue weighted by molar-refractivity contribution is 6.35. The van der Waals surface area contributed by atoms with Gasteiger partial charge in [0.1, 0.15) is 11.1 Å². The van der Waals surface area contributed by atoms with Crippen molar-refractivity contribution in [3.8, 4) is 0 Å². The summed E-state index contributed by atoms with van der Waals surface area (Å²) in [5.41, 5.74) is -0.382. The number of amides is 2. The Morgan fingerprint density at radius 3 is 2.32 bits per heavy atom. The van der Waals surface area contributed by atoms with Crippen LogP contribution < -0.4 is 4.90 Å². The van der Waals surface area contributed by atoms with Gasteiger partial charge in [0, 0.05) is 27.5 Å². The zero-order valence-electron chi connectivity index (χ0n) is 17.8. The van der Waals surface area contributed by atoms with Gasteiger partial charge >= 0.3 is 11.5 Å². The molecular formula is C24H16N4O6. The molecule has 1 aromatic heterocycles. The highest BCUT2D eigenvalue weighted by atomic mass is 16.6. The first-order valence-electron chi connectivity index (χ1n) is 10.6. The lowest BCUT2D eigenvalue weighted by molar-refractivity contribution is -0.554. The first-order valence-corrected chi connectivity index (χ1v) is 10.6. The minimum atomic E-state index is -2.05. The van der Waals surface area contributed by atoms with Gasteiger partial charge in [-0.2, -0.15) is 5.10 Å². The van der Waals surface area contributed by atoms with E-state index in [2.05, 4.69) is 10.2 Å². The van der Waals surface area contributed by atoms with Gasteiger partial charge in [0.25, 0.3) is 11.8 Å². The van der Waals surface area contributed by atoms with Crippen LogP contribution in [0.5, 0.6) is 0 Å². The second-order valence-corrected chi connectivity index (χ2v) is 8.16. The monoisotopic (exact) mass is 456 g/mol. The van der Waals surface area contributed by atoms with E-state index in [4.69, 9.17) is 4.74 Å². The number of ether oxygens (including phenoxy) is 1. The lowest BCUT2D eigenvalue weighted by Gasteiger charge is -2.42. The molecule has 0 atom stereocenters. The second-order valence-electron chi connectivity index (χ2n) is 8.16. The molecule has 2 bridgehead atoms. The highest BCUT2D eigenvalue weighted by Crippen LogP contribution is 2.61. The van der Waals surface area contributed by atoms with Crippen molar-refractivity contribution in [2.45, 2.75) is 18.4 Å². The van der Waals surface area contributed by atoms with Crippen LogP contribution in [-0.4, -0.2) is 39.5 Å². The lowest BCUT2D eigenvalue weighted by atomic mass is 9.57. The number of esters is 1. The maximum absolute atomic E-state index is 13.8. The molecule has 168 valence electrons. The Bertz CT molecular complexity index is 1440. The van der Waals surface area contributed by atoms with E-state index in [0.29, 0.717) is 22.3 Å². The molecule has 1 aliphatic heterocycles. The van der Waals surface area contributed by atoms with Crippen LogP contribution in [0.25, 0.3) is 0 Å². The number of anilines is 1. The molecule has 2 amide bonds. The Morgan fingerprint density at radius 1 is 1.12 bits per heavy atom. The summed E-state index contributed by atoms with van der Waals surface area (Å²) in [5.74, 6) is -3.18. The molecule has 34 heavy (non-hydrogen) atoms. The van der Waals surface area contributed by atoms with Crippen molar-refractivity contribution < 1.29 is 24.0 Å². The van der Waals surface area contributed by atoms with E-state index < -0.39 is 34.2 Å². The summed E-state index contributed by atoms with van der Waals surface area (Å²) in [4.78, 5) is 53.2. The third-order valence-electron chi connectivity index (χ3n) is 6.71. The zero-order valence-corrected chi connectivity index (χ0v) is 17.8. The maximum Gasteiger partial charge on any atom is 0.343 e. The summed E-state index contributed by atoms with van der Waals surface area (Å²) in [6, 6.07) is 13.6. The molecule has 3 aliphatic carbocycles. The van der Waals surface area contributed by atoms with Gasteiger partial charge in [-0.1, -0.05) is 48.5 Å². The third-order valence-corrected chi connectivity index (χ3v) is 6.71. The van der Waals surface area contributed by atoms with E-state index in [1.807, 2.05) is 0 Å². The fourth-order valence-electron chi connectivity index (χ4n) is 5.51. The van der Waals surface area contributed by atoms with Crippen molar-refractivity contribution in [1.82, 2.24) is 10.2 Å². The summed E-state index contributed by atoms with van der Waals surface area (Å²) < 4.78 is 5.02. The number of nitro groups is 1. The fourth-order valence-corrected chi connectivity index (χ4v) is 5.51. The molecule has 0 fully saturated rings. The normalized spacial score (nSPS) is 21.9. The molecule has 7 rings (SSSR count). The molecule has 10 heteroatoms. The first-order chi connectivity index (χ1) is 16.4. The SMILES string of the molecule is CCOC(=O)c1cn[nH]c1N1C(=O)C2=C(C1=O)C1([N+](=O)[O-])c3ccccc3C2c2ccccc21. The molecule has 10 nitrogen and oxygen atoms in total. The average molecular weight is 456 g/mol. The van der Waals surface area contributed by atoms with Gasteiger partial charge in [-0.3, -0.25) is 24.8 Å². The van der Waals surface area contributed by atoms with Gasteiger partial charge < -0.3 is 4.74 Å². The van der Waals surface area contributed by atoms with Crippen molar-refractivity contribution >= 4 is 23.6 Å². The number of nitrogens with zero attached hydrogens (tertiary/aromatic N) is 3. The minimum absolute atomic E-state index is 0.0449. The Morgan fingerprint density at radius 2 is 1.74 bits per heavy atom. The minimum Gasteiger partial charge on any atom is -0.462 e. The van der Waals surface area contributed by atoms with Crippen LogP contribution in [0.3, 0.4) is 0 Å². The summed E-state index contributed by atoms with van der Waals surface area (Å²) in [5, 5.41) is 19.2. The molecule has 0 radical (unpaired) electrons. The number of hydrogen-bond acceptors (Lipinski definition) is 7. The van der Waals surface area contributed by atoms with E-state index >= 15 is 0 Å². The number of imide groups is 1. The van der Waals surface area contributed by atoms with Crippen molar-refractivity contribution in [3.63, 3.8) is 0 Å². The molecule has 4 aliphatic rings. The number of H-pyrrole nitrogens is 1. The van der Waals surface area contributed by atoms with Gasteiger partial charge in [-0.05, 0) is 18.1 Å². The Balaban J connectivity index is 1.62. The van der Waals surface area contributed by atoms with Crippen LogP contribution in [0.1, 0.15) is 45.5 Å². The topological polar surface area (TPSA) is 136 Å². The van der Waals surface area contributed by atoms with E-state index in [1.165, 1.54) is 0 Å². The Kier molecular flexibility index (Phi) is 3.95. The van der Waals surface area contributed by atoms with Gasteiger partial charge in [0.15, 0.2) is 5.82 Å². The van der Waals surface area contributed by atoms with Gasteiger partial charge in [0.2, 0.25) is 0 Å². The van der Waals surface area contributed by atoms with Crippen LogP contribution in [-0.2, 0) is 19.9 Å². The number of rotatable bonds is 4. The molecule has 1 N–H and O–H groups in total. The molecule has 0 saturated carbocycles. The number of nitrogens with one attached hydrogen (secondary N) is 1. The van der Waals surface area contributed by atoms with Crippen LogP contribution in [0.4, 0.5) is 5.82 Å². The lowest BCUT2D eigenvalue weighted by Crippen LogP contribution is -2.49. The highest BCUT2D eigenvalue weighted by Gasteiger charge is 2.68. The molecule has 2 heterocycles. The Hall–Kier alpha value is -4.60. The number of aromatic amines is 1. The van der Waals surface area contributed by atoms with Crippen LogP contribution >= 0.6 is 0 Å². The predicted molar refractivity (Wildman–Crippen MR) is 117 cm³/mol.